The molecule has 1 spiro atoms. The molecule has 54 valence electrons. The Kier molecular flexibility index (Phi) is 1.99. The Morgan fingerprint density at radius 1 is 1.00 bits per heavy atom. The van der Waals surface area contributed by atoms with E-state index in [2.05, 4.69) is 10.6 Å². The zero-order valence-electron chi connectivity index (χ0n) is 5.44. The standard InChI is InChI=1S/C6H12N2.ClH/c1-2-7-3-6(1)4-8-5-6;/h7-8H,1-5H2;1H. The second kappa shape index (κ2) is 2.45. The van der Waals surface area contributed by atoms with Gasteiger partial charge in [0.25, 0.3) is 0 Å². The first-order chi connectivity index (χ1) is 3.91. The van der Waals surface area contributed by atoms with Crippen LogP contribution in [0.2, 0.25) is 0 Å². The fourth-order valence-corrected chi connectivity index (χ4v) is 1.58. The molecule has 2 N–H and O–H groups in total. The maximum atomic E-state index is 3.38. The first kappa shape index (κ1) is 7.32. The van der Waals surface area contributed by atoms with Crippen LogP contribution in [-0.4, -0.2) is 26.2 Å². The molecule has 2 aliphatic rings. The summed E-state index contributed by atoms with van der Waals surface area (Å²) in [6.45, 7) is 4.99. The van der Waals surface area contributed by atoms with E-state index in [0.717, 1.165) is 0 Å². The van der Waals surface area contributed by atoms with E-state index in [1.165, 1.54) is 32.6 Å². The van der Waals surface area contributed by atoms with Gasteiger partial charge in [-0.15, -0.1) is 12.4 Å². The number of hydrogen-bond acceptors (Lipinski definition) is 2. The lowest BCUT2D eigenvalue weighted by Gasteiger charge is -2.38. The van der Waals surface area contributed by atoms with Crippen molar-refractivity contribution >= 4 is 12.4 Å². The first-order valence-corrected chi connectivity index (χ1v) is 3.33. The van der Waals surface area contributed by atoms with Crippen LogP contribution in [-0.2, 0) is 0 Å². The van der Waals surface area contributed by atoms with Crippen molar-refractivity contribution in [3.05, 3.63) is 0 Å². The van der Waals surface area contributed by atoms with E-state index < -0.39 is 0 Å². The summed E-state index contributed by atoms with van der Waals surface area (Å²) >= 11 is 0. The molecule has 0 bridgehead atoms. The summed E-state index contributed by atoms with van der Waals surface area (Å²) in [6, 6.07) is 0. The molecule has 9 heavy (non-hydrogen) atoms. The maximum absolute atomic E-state index is 3.38. The molecule has 2 heterocycles. The second-order valence-electron chi connectivity index (χ2n) is 3.03. The zero-order chi connectivity index (χ0) is 5.45. The summed E-state index contributed by atoms with van der Waals surface area (Å²) in [6.07, 6.45) is 1.39. The van der Waals surface area contributed by atoms with E-state index in [4.69, 9.17) is 0 Å². The predicted molar refractivity (Wildman–Crippen MR) is 40.0 cm³/mol. The summed E-state index contributed by atoms with van der Waals surface area (Å²) in [7, 11) is 0. The Labute approximate surface area is 61.8 Å². The molecular weight excluding hydrogens is 136 g/mol. The van der Waals surface area contributed by atoms with Crippen LogP contribution in [0.5, 0.6) is 0 Å². The summed E-state index contributed by atoms with van der Waals surface area (Å²) in [5.74, 6) is 0. The Morgan fingerprint density at radius 2 is 1.67 bits per heavy atom. The van der Waals surface area contributed by atoms with Crippen molar-refractivity contribution < 1.29 is 0 Å². The highest BCUT2D eigenvalue weighted by Gasteiger charge is 2.38. The minimum Gasteiger partial charge on any atom is -0.316 e. The van der Waals surface area contributed by atoms with E-state index >= 15 is 0 Å². The molecule has 0 aromatic rings. The third-order valence-corrected chi connectivity index (χ3v) is 2.33. The van der Waals surface area contributed by atoms with E-state index in [-0.39, 0.29) is 12.4 Å². The minimum atomic E-state index is 0. The van der Waals surface area contributed by atoms with Gasteiger partial charge < -0.3 is 10.6 Å². The molecule has 2 fully saturated rings. The molecule has 0 saturated carbocycles. The monoisotopic (exact) mass is 148 g/mol. The van der Waals surface area contributed by atoms with Crippen molar-refractivity contribution in [2.75, 3.05) is 26.2 Å². The lowest BCUT2D eigenvalue weighted by molar-refractivity contribution is 0.197. The molecular formula is C6H13ClN2. The molecule has 0 aromatic heterocycles. The van der Waals surface area contributed by atoms with Gasteiger partial charge in [0.15, 0.2) is 0 Å². The first-order valence-electron chi connectivity index (χ1n) is 3.33. The maximum Gasteiger partial charge on any atom is 0.00892 e. The van der Waals surface area contributed by atoms with E-state index in [9.17, 15) is 0 Å². The van der Waals surface area contributed by atoms with Crippen molar-refractivity contribution in [1.29, 1.82) is 0 Å². The van der Waals surface area contributed by atoms with Gasteiger partial charge in [-0.1, -0.05) is 0 Å². The van der Waals surface area contributed by atoms with Crippen LogP contribution in [0.4, 0.5) is 0 Å². The summed E-state index contributed by atoms with van der Waals surface area (Å²) in [5.41, 5.74) is 0.694. The number of nitrogens with one attached hydrogen (secondary N) is 2. The second-order valence-corrected chi connectivity index (χ2v) is 3.03. The molecule has 2 nitrogen and oxygen atoms in total. The van der Waals surface area contributed by atoms with Gasteiger partial charge in [0.05, 0.1) is 0 Å². The summed E-state index contributed by atoms with van der Waals surface area (Å²) in [4.78, 5) is 0. The Morgan fingerprint density at radius 3 is 1.89 bits per heavy atom. The topological polar surface area (TPSA) is 24.1 Å². The van der Waals surface area contributed by atoms with Crippen LogP contribution in [0.15, 0.2) is 0 Å². The zero-order valence-corrected chi connectivity index (χ0v) is 6.26. The molecule has 2 saturated heterocycles. The smallest absolute Gasteiger partial charge is 0.00892 e. The van der Waals surface area contributed by atoms with Gasteiger partial charge >= 0.3 is 0 Å². The fourth-order valence-electron chi connectivity index (χ4n) is 1.58. The molecule has 0 unspecified atom stereocenters. The van der Waals surface area contributed by atoms with Crippen LogP contribution < -0.4 is 10.6 Å². The highest BCUT2D eigenvalue weighted by molar-refractivity contribution is 5.85. The van der Waals surface area contributed by atoms with Crippen molar-refractivity contribution in [2.45, 2.75) is 6.42 Å². The third-order valence-electron chi connectivity index (χ3n) is 2.33. The molecule has 0 amide bonds. The largest absolute Gasteiger partial charge is 0.316 e. The quantitative estimate of drug-likeness (QED) is 0.505. The van der Waals surface area contributed by atoms with E-state index in [1.807, 2.05) is 0 Å². The Bertz CT molecular complexity index is 93.2. The Hall–Kier alpha value is 0.210. The fraction of sp³-hybridized carbons (Fsp3) is 1.00. The average molecular weight is 149 g/mol. The number of hydrogen-bond donors (Lipinski definition) is 2. The summed E-state index contributed by atoms with van der Waals surface area (Å²) < 4.78 is 0. The lowest BCUT2D eigenvalue weighted by Crippen LogP contribution is -2.54. The van der Waals surface area contributed by atoms with Crippen LogP contribution in [0.25, 0.3) is 0 Å². The predicted octanol–water partition coefficient (Wildman–Crippen LogP) is -0.00890. The summed E-state index contributed by atoms with van der Waals surface area (Å²) in [5, 5.41) is 6.68. The van der Waals surface area contributed by atoms with Gasteiger partial charge in [-0.2, -0.15) is 0 Å². The van der Waals surface area contributed by atoms with Gasteiger partial charge in [-0.05, 0) is 13.0 Å². The van der Waals surface area contributed by atoms with Crippen molar-refractivity contribution in [2.24, 2.45) is 5.41 Å². The minimum absolute atomic E-state index is 0. The molecule has 0 aromatic carbocycles. The average Bonchev–Trinajstić information content (AvgIpc) is 2.07. The van der Waals surface area contributed by atoms with Crippen molar-refractivity contribution in [3.8, 4) is 0 Å². The molecule has 2 rings (SSSR count). The van der Waals surface area contributed by atoms with Crippen LogP contribution >= 0.6 is 12.4 Å². The van der Waals surface area contributed by atoms with Crippen molar-refractivity contribution in [1.82, 2.24) is 10.6 Å². The molecule has 0 aliphatic carbocycles. The van der Waals surface area contributed by atoms with Crippen LogP contribution in [0.3, 0.4) is 0 Å². The normalized spacial score (nSPS) is 29.3. The lowest BCUT2D eigenvalue weighted by atomic mass is 9.81. The molecule has 3 heteroatoms. The van der Waals surface area contributed by atoms with Crippen LogP contribution in [0.1, 0.15) is 6.42 Å². The highest BCUT2D eigenvalue weighted by atomic mass is 35.5. The number of rotatable bonds is 0. The molecule has 0 radical (unpaired) electrons. The van der Waals surface area contributed by atoms with Gasteiger partial charge in [-0.25, -0.2) is 0 Å². The number of halogens is 1. The van der Waals surface area contributed by atoms with Gasteiger partial charge in [-0.3, -0.25) is 0 Å². The molecule has 0 atom stereocenters. The van der Waals surface area contributed by atoms with Gasteiger partial charge in [0, 0.05) is 25.0 Å². The SMILES string of the molecule is C1CC2(CN1)CNC2.Cl. The van der Waals surface area contributed by atoms with Crippen molar-refractivity contribution in [3.63, 3.8) is 0 Å². The molecule has 2 aliphatic heterocycles. The van der Waals surface area contributed by atoms with Gasteiger partial charge in [0.1, 0.15) is 0 Å². The van der Waals surface area contributed by atoms with Crippen LogP contribution in [0, 0.1) is 5.41 Å². The van der Waals surface area contributed by atoms with E-state index in [0.29, 0.717) is 5.41 Å². The highest BCUT2D eigenvalue weighted by Crippen LogP contribution is 2.28. The Balaban J connectivity index is 0.000000405. The van der Waals surface area contributed by atoms with Gasteiger partial charge in [0.2, 0.25) is 0 Å². The third kappa shape index (κ3) is 1.07. The van der Waals surface area contributed by atoms with E-state index in [1.54, 1.807) is 0 Å².